The van der Waals surface area contributed by atoms with Gasteiger partial charge in [0, 0.05) is 18.8 Å². The van der Waals surface area contributed by atoms with Crippen LogP contribution in [0.5, 0.6) is 0 Å². The van der Waals surface area contributed by atoms with Crippen molar-refractivity contribution in [2.24, 2.45) is 11.8 Å². The maximum absolute atomic E-state index is 11.2. The highest BCUT2D eigenvalue weighted by atomic mass is 16.1. The topological polar surface area (TPSA) is 34.1 Å². The summed E-state index contributed by atoms with van der Waals surface area (Å²) in [4.78, 5) is 22.4. The molecule has 0 radical (unpaired) electrons. The van der Waals surface area contributed by atoms with E-state index in [2.05, 4.69) is 13.8 Å². The molecule has 0 heterocycles. The lowest BCUT2D eigenvalue weighted by molar-refractivity contribution is -0.114. The maximum atomic E-state index is 11.2. The molecule has 18 heavy (non-hydrogen) atoms. The number of ketones is 2. The van der Waals surface area contributed by atoms with E-state index in [1.165, 1.54) is 11.1 Å². The van der Waals surface area contributed by atoms with Crippen LogP contribution < -0.4 is 0 Å². The van der Waals surface area contributed by atoms with E-state index in [4.69, 9.17) is 0 Å². The largest absolute Gasteiger partial charge is 0.295 e. The van der Waals surface area contributed by atoms with Crippen molar-refractivity contribution in [3.05, 3.63) is 47.6 Å². The molecule has 2 rings (SSSR count). The van der Waals surface area contributed by atoms with Gasteiger partial charge in [-0.05, 0) is 29.2 Å². The first-order valence-electron chi connectivity index (χ1n) is 6.40. The van der Waals surface area contributed by atoms with Crippen molar-refractivity contribution in [3.8, 4) is 0 Å². The van der Waals surface area contributed by atoms with Crippen LogP contribution >= 0.6 is 0 Å². The first-order chi connectivity index (χ1) is 8.58. The molecule has 2 nitrogen and oxygen atoms in total. The van der Waals surface area contributed by atoms with Gasteiger partial charge in [-0.1, -0.05) is 38.2 Å². The molecular formula is C16H18O2. The lowest BCUT2D eigenvalue weighted by Crippen LogP contribution is -2.16. The Morgan fingerprint density at radius 1 is 0.833 bits per heavy atom. The van der Waals surface area contributed by atoms with Crippen molar-refractivity contribution in [2.45, 2.75) is 26.7 Å². The van der Waals surface area contributed by atoms with Gasteiger partial charge in [0.1, 0.15) is 0 Å². The van der Waals surface area contributed by atoms with E-state index in [-0.39, 0.29) is 17.5 Å². The minimum absolute atomic E-state index is 0.157. The van der Waals surface area contributed by atoms with Gasteiger partial charge in [0.05, 0.1) is 0 Å². The molecule has 0 aromatic heterocycles. The monoisotopic (exact) mass is 242 g/mol. The summed E-state index contributed by atoms with van der Waals surface area (Å²) in [5, 5.41) is 0. The molecule has 2 aliphatic carbocycles. The maximum Gasteiger partial charge on any atom is 0.159 e. The molecule has 0 aliphatic heterocycles. The van der Waals surface area contributed by atoms with E-state index >= 15 is 0 Å². The standard InChI is InChI=1S/C16H18O2/c1-11(2)16(12-3-7-14(17)8-4-12)13-5-9-15(18)10-6-13/h3-7,9,11,16H,8,10H2,1-2H3. The number of rotatable bonds is 3. The summed E-state index contributed by atoms with van der Waals surface area (Å²) >= 11 is 0. The summed E-state index contributed by atoms with van der Waals surface area (Å²) in [6.45, 7) is 4.34. The molecule has 2 aliphatic rings. The van der Waals surface area contributed by atoms with Gasteiger partial charge in [-0.15, -0.1) is 0 Å². The smallest absolute Gasteiger partial charge is 0.159 e. The van der Waals surface area contributed by atoms with Gasteiger partial charge in [0.15, 0.2) is 11.6 Å². The van der Waals surface area contributed by atoms with Gasteiger partial charge in [0.2, 0.25) is 0 Å². The lowest BCUT2D eigenvalue weighted by Gasteiger charge is -2.26. The fourth-order valence-corrected chi connectivity index (χ4v) is 2.51. The van der Waals surface area contributed by atoms with E-state index < -0.39 is 0 Å². The SMILES string of the molecule is CC(C)C(C1=CCC(=O)C=C1)C1=CCC(=O)C=C1. The quantitative estimate of drug-likeness (QED) is 0.761. The van der Waals surface area contributed by atoms with Gasteiger partial charge in [-0.25, -0.2) is 0 Å². The number of carbonyl (C=O) groups excluding carboxylic acids is 2. The van der Waals surface area contributed by atoms with Crippen LogP contribution in [0.1, 0.15) is 26.7 Å². The Morgan fingerprint density at radius 2 is 1.28 bits per heavy atom. The Labute approximate surface area is 108 Å². The van der Waals surface area contributed by atoms with Crippen LogP contribution in [0.25, 0.3) is 0 Å². The molecule has 0 aromatic carbocycles. The Hall–Kier alpha value is -1.70. The van der Waals surface area contributed by atoms with E-state index in [0.717, 1.165) is 0 Å². The number of allylic oxidation sites excluding steroid dienone is 8. The molecule has 94 valence electrons. The third-order valence-electron chi connectivity index (χ3n) is 3.39. The average molecular weight is 242 g/mol. The average Bonchev–Trinajstić information content (AvgIpc) is 2.34. The van der Waals surface area contributed by atoms with Gasteiger partial charge >= 0.3 is 0 Å². The minimum Gasteiger partial charge on any atom is -0.295 e. The summed E-state index contributed by atoms with van der Waals surface area (Å²) in [6.07, 6.45) is 12.2. The van der Waals surface area contributed by atoms with Gasteiger partial charge in [-0.2, -0.15) is 0 Å². The molecule has 0 aromatic rings. The van der Waals surface area contributed by atoms with E-state index in [1.54, 1.807) is 12.2 Å². The lowest BCUT2D eigenvalue weighted by atomic mass is 9.78. The fourth-order valence-electron chi connectivity index (χ4n) is 2.51. The fraction of sp³-hybridized carbons (Fsp3) is 0.375. The summed E-state index contributed by atoms with van der Waals surface area (Å²) < 4.78 is 0. The van der Waals surface area contributed by atoms with Crippen molar-refractivity contribution in [2.75, 3.05) is 0 Å². The molecule has 0 atom stereocenters. The van der Waals surface area contributed by atoms with Crippen LogP contribution in [0.15, 0.2) is 47.6 Å². The highest BCUT2D eigenvalue weighted by molar-refractivity contribution is 5.93. The van der Waals surface area contributed by atoms with E-state index in [1.807, 2.05) is 24.3 Å². The van der Waals surface area contributed by atoms with Crippen LogP contribution in [0.2, 0.25) is 0 Å². The second-order valence-corrected chi connectivity index (χ2v) is 5.14. The molecule has 0 unspecified atom stereocenters. The third-order valence-corrected chi connectivity index (χ3v) is 3.39. The first-order valence-corrected chi connectivity index (χ1v) is 6.40. The Bertz CT molecular complexity index is 445. The predicted molar refractivity (Wildman–Crippen MR) is 72.0 cm³/mol. The van der Waals surface area contributed by atoms with Crippen molar-refractivity contribution in [3.63, 3.8) is 0 Å². The molecule has 0 N–H and O–H groups in total. The highest BCUT2D eigenvalue weighted by Gasteiger charge is 2.22. The highest BCUT2D eigenvalue weighted by Crippen LogP contribution is 2.33. The van der Waals surface area contributed by atoms with Crippen LogP contribution in [0.4, 0.5) is 0 Å². The Balaban J connectivity index is 2.25. The molecule has 0 saturated heterocycles. The zero-order valence-corrected chi connectivity index (χ0v) is 10.8. The number of hydrogen-bond acceptors (Lipinski definition) is 2. The van der Waals surface area contributed by atoms with Crippen molar-refractivity contribution in [1.29, 1.82) is 0 Å². The summed E-state index contributed by atoms with van der Waals surface area (Å²) in [5.41, 5.74) is 2.38. The number of hydrogen-bond donors (Lipinski definition) is 0. The molecule has 0 spiro atoms. The molecular weight excluding hydrogens is 224 g/mol. The van der Waals surface area contributed by atoms with Gasteiger partial charge in [-0.3, -0.25) is 9.59 Å². The second-order valence-electron chi connectivity index (χ2n) is 5.14. The Kier molecular flexibility index (Phi) is 3.75. The van der Waals surface area contributed by atoms with Gasteiger partial charge in [0.25, 0.3) is 0 Å². The zero-order valence-electron chi connectivity index (χ0n) is 10.8. The predicted octanol–water partition coefficient (Wildman–Crippen LogP) is 3.17. The van der Waals surface area contributed by atoms with Gasteiger partial charge < -0.3 is 0 Å². The normalized spacial score (nSPS) is 19.6. The number of carbonyl (C=O) groups is 2. The van der Waals surface area contributed by atoms with Crippen LogP contribution in [-0.4, -0.2) is 11.6 Å². The first kappa shape index (κ1) is 12.7. The van der Waals surface area contributed by atoms with Crippen molar-refractivity contribution < 1.29 is 9.59 Å². The van der Waals surface area contributed by atoms with E-state index in [0.29, 0.717) is 18.8 Å². The van der Waals surface area contributed by atoms with Crippen LogP contribution in [-0.2, 0) is 9.59 Å². The summed E-state index contributed by atoms with van der Waals surface area (Å²) in [6, 6.07) is 0. The molecule has 0 bridgehead atoms. The van der Waals surface area contributed by atoms with Crippen molar-refractivity contribution in [1.82, 2.24) is 0 Å². The van der Waals surface area contributed by atoms with Crippen LogP contribution in [0, 0.1) is 11.8 Å². The summed E-state index contributed by atoms with van der Waals surface area (Å²) in [5.74, 6) is 1.03. The van der Waals surface area contributed by atoms with Crippen LogP contribution in [0.3, 0.4) is 0 Å². The second kappa shape index (κ2) is 5.30. The zero-order chi connectivity index (χ0) is 13.1. The van der Waals surface area contributed by atoms with Crippen molar-refractivity contribution >= 4 is 11.6 Å². The molecule has 0 saturated carbocycles. The third kappa shape index (κ3) is 2.76. The minimum atomic E-state index is 0.157. The molecule has 0 amide bonds. The van der Waals surface area contributed by atoms with E-state index in [9.17, 15) is 9.59 Å². The molecule has 2 heteroatoms. The summed E-state index contributed by atoms with van der Waals surface area (Å²) in [7, 11) is 0. The Morgan fingerprint density at radius 3 is 1.56 bits per heavy atom. The molecule has 0 fully saturated rings.